The highest BCUT2D eigenvalue weighted by Crippen LogP contribution is 2.14. The highest BCUT2D eigenvalue weighted by atomic mass is 16.5. The van der Waals surface area contributed by atoms with Crippen LogP contribution >= 0.6 is 0 Å². The van der Waals surface area contributed by atoms with Crippen LogP contribution < -0.4 is 10.8 Å². The highest BCUT2D eigenvalue weighted by Gasteiger charge is 2.16. The molecule has 0 bridgehead atoms. The van der Waals surface area contributed by atoms with Gasteiger partial charge in [0.25, 0.3) is 5.91 Å². The van der Waals surface area contributed by atoms with E-state index in [0.29, 0.717) is 6.42 Å². The van der Waals surface area contributed by atoms with Crippen molar-refractivity contribution < 1.29 is 10.0 Å². The summed E-state index contributed by atoms with van der Waals surface area (Å²) in [5, 5.41) is 11.9. The number of unbranched alkanes of at least 4 members (excludes halogenated alkanes) is 1. The molecule has 3 N–H and O–H groups in total. The molecule has 0 aliphatic carbocycles. The lowest BCUT2D eigenvalue weighted by molar-refractivity contribution is -0.130. The second-order valence-electron chi connectivity index (χ2n) is 4.37. The molecular formula is C14H22N2O2. The molecular weight excluding hydrogens is 228 g/mol. The third kappa shape index (κ3) is 4.37. The largest absolute Gasteiger partial charge is 0.374 e. The summed E-state index contributed by atoms with van der Waals surface area (Å²) in [6, 6.07) is 7.60. The molecule has 1 aromatic rings. The molecule has 0 heterocycles. The Hall–Kier alpha value is -1.55. The van der Waals surface area contributed by atoms with Gasteiger partial charge in [0.15, 0.2) is 0 Å². The van der Waals surface area contributed by atoms with Gasteiger partial charge in [-0.15, -0.1) is 0 Å². The average Bonchev–Trinajstić information content (AvgIpc) is 2.42. The Balaban J connectivity index is 2.71. The van der Waals surface area contributed by atoms with Gasteiger partial charge in [-0.25, -0.2) is 5.48 Å². The predicted octanol–water partition coefficient (Wildman–Crippen LogP) is 2.73. The molecule has 0 saturated carbocycles. The molecule has 100 valence electrons. The zero-order valence-electron chi connectivity index (χ0n) is 11.1. The molecule has 1 atom stereocenters. The van der Waals surface area contributed by atoms with Gasteiger partial charge >= 0.3 is 0 Å². The second-order valence-corrected chi connectivity index (χ2v) is 4.37. The van der Waals surface area contributed by atoms with Crippen molar-refractivity contribution in [3.63, 3.8) is 0 Å². The first kappa shape index (κ1) is 14.5. The summed E-state index contributed by atoms with van der Waals surface area (Å²) < 4.78 is 0. The Morgan fingerprint density at radius 1 is 1.39 bits per heavy atom. The number of nitrogens with one attached hydrogen (secondary N) is 2. The van der Waals surface area contributed by atoms with Gasteiger partial charge in [-0.1, -0.05) is 38.8 Å². The molecule has 1 rings (SSSR count). The van der Waals surface area contributed by atoms with Crippen LogP contribution in [0.4, 0.5) is 5.69 Å². The molecule has 1 aromatic carbocycles. The van der Waals surface area contributed by atoms with E-state index in [1.165, 1.54) is 5.56 Å². The zero-order chi connectivity index (χ0) is 13.4. The summed E-state index contributed by atoms with van der Waals surface area (Å²) in [5.74, 6) is -0.384. The van der Waals surface area contributed by atoms with Crippen molar-refractivity contribution in [3.8, 4) is 0 Å². The number of anilines is 1. The first-order valence-corrected chi connectivity index (χ1v) is 6.50. The van der Waals surface area contributed by atoms with Crippen LogP contribution in [-0.4, -0.2) is 17.2 Å². The highest BCUT2D eigenvalue weighted by molar-refractivity contribution is 5.83. The average molecular weight is 250 g/mol. The number of carbonyl (C=O) groups is 1. The molecule has 0 radical (unpaired) electrons. The number of amides is 1. The maximum atomic E-state index is 11.6. The summed E-state index contributed by atoms with van der Waals surface area (Å²) >= 11 is 0. The Morgan fingerprint density at radius 2 is 2.17 bits per heavy atom. The van der Waals surface area contributed by atoms with Gasteiger partial charge in [0.1, 0.15) is 6.04 Å². The van der Waals surface area contributed by atoms with Crippen LogP contribution in [0.3, 0.4) is 0 Å². The summed E-state index contributed by atoms with van der Waals surface area (Å²) in [6.07, 6.45) is 3.63. The lowest BCUT2D eigenvalue weighted by Gasteiger charge is -2.18. The van der Waals surface area contributed by atoms with Crippen molar-refractivity contribution in [1.29, 1.82) is 0 Å². The SMILES string of the molecule is CCCCC(Nc1cccc(CC)c1)C(=O)NO. The molecule has 0 saturated heterocycles. The third-order valence-corrected chi connectivity index (χ3v) is 2.95. The van der Waals surface area contributed by atoms with Crippen molar-refractivity contribution in [2.24, 2.45) is 0 Å². The van der Waals surface area contributed by atoms with E-state index in [-0.39, 0.29) is 11.9 Å². The number of hydrogen-bond acceptors (Lipinski definition) is 3. The van der Waals surface area contributed by atoms with Crippen LogP contribution in [0.5, 0.6) is 0 Å². The van der Waals surface area contributed by atoms with E-state index < -0.39 is 0 Å². The number of benzene rings is 1. The van der Waals surface area contributed by atoms with Gasteiger partial charge in [-0.05, 0) is 30.5 Å². The third-order valence-electron chi connectivity index (χ3n) is 2.95. The van der Waals surface area contributed by atoms with Gasteiger partial charge in [-0.3, -0.25) is 10.0 Å². The summed E-state index contributed by atoms with van der Waals surface area (Å²) in [5.41, 5.74) is 3.86. The van der Waals surface area contributed by atoms with Gasteiger partial charge in [0.2, 0.25) is 0 Å². The minimum atomic E-state index is -0.387. The van der Waals surface area contributed by atoms with E-state index in [2.05, 4.69) is 25.2 Å². The van der Waals surface area contributed by atoms with Crippen molar-refractivity contribution in [3.05, 3.63) is 29.8 Å². The lowest BCUT2D eigenvalue weighted by Crippen LogP contribution is -2.38. The van der Waals surface area contributed by atoms with Crippen molar-refractivity contribution >= 4 is 11.6 Å². The standard InChI is InChI=1S/C14H22N2O2/c1-3-5-9-13(14(17)16-18)15-12-8-6-7-11(4-2)10-12/h6-8,10,13,15,18H,3-5,9H2,1-2H3,(H,16,17). The normalized spacial score (nSPS) is 11.9. The molecule has 0 aliphatic rings. The zero-order valence-corrected chi connectivity index (χ0v) is 11.1. The van der Waals surface area contributed by atoms with Gasteiger partial charge in [-0.2, -0.15) is 0 Å². The predicted molar refractivity (Wildman–Crippen MR) is 72.7 cm³/mol. The second kappa shape index (κ2) is 7.71. The lowest BCUT2D eigenvalue weighted by atomic mass is 10.1. The summed E-state index contributed by atoms with van der Waals surface area (Å²) in [6.45, 7) is 4.17. The Morgan fingerprint density at radius 3 is 2.78 bits per heavy atom. The molecule has 0 fully saturated rings. The minimum Gasteiger partial charge on any atom is -0.374 e. The Bertz CT molecular complexity index is 380. The molecule has 4 heteroatoms. The monoisotopic (exact) mass is 250 g/mol. The summed E-state index contributed by atoms with van der Waals surface area (Å²) in [7, 11) is 0. The van der Waals surface area contributed by atoms with E-state index in [0.717, 1.165) is 24.9 Å². The molecule has 0 spiro atoms. The number of carbonyl (C=O) groups excluding carboxylic acids is 1. The van der Waals surface area contributed by atoms with Crippen molar-refractivity contribution in [2.75, 3.05) is 5.32 Å². The minimum absolute atomic E-state index is 0.384. The fraction of sp³-hybridized carbons (Fsp3) is 0.500. The van der Waals surface area contributed by atoms with Crippen LogP contribution in [-0.2, 0) is 11.2 Å². The maximum Gasteiger partial charge on any atom is 0.265 e. The van der Waals surface area contributed by atoms with Gasteiger partial charge < -0.3 is 5.32 Å². The first-order chi connectivity index (χ1) is 8.71. The van der Waals surface area contributed by atoms with E-state index in [1.54, 1.807) is 5.48 Å². The molecule has 1 amide bonds. The number of rotatable bonds is 7. The van der Waals surface area contributed by atoms with Crippen LogP contribution in [0, 0.1) is 0 Å². The maximum absolute atomic E-state index is 11.6. The fourth-order valence-electron chi connectivity index (χ4n) is 1.84. The summed E-state index contributed by atoms with van der Waals surface area (Å²) in [4.78, 5) is 11.6. The fourth-order valence-corrected chi connectivity index (χ4v) is 1.84. The molecule has 18 heavy (non-hydrogen) atoms. The molecule has 4 nitrogen and oxygen atoms in total. The molecule has 0 aliphatic heterocycles. The van der Waals surface area contributed by atoms with Crippen molar-refractivity contribution in [1.82, 2.24) is 5.48 Å². The molecule has 1 unspecified atom stereocenters. The van der Waals surface area contributed by atoms with E-state index >= 15 is 0 Å². The van der Waals surface area contributed by atoms with Crippen molar-refractivity contribution in [2.45, 2.75) is 45.6 Å². The van der Waals surface area contributed by atoms with Crippen LogP contribution in [0.15, 0.2) is 24.3 Å². The Kier molecular flexibility index (Phi) is 6.22. The van der Waals surface area contributed by atoms with Gasteiger partial charge in [0, 0.05) is 5.69 Å². The quantitative estimate of drug-likeness (QED) is 0.515. The van der Waals surface area contributed by atoms with Crippen LogP contribution in [0.2, 0.25) is 0 Å². The number of aryl methyl sites for hydroxylation is 1. The first-order valence-electron chi connectivity index (χ1n) is 6.50. The van der Waals surface area contributed by atoms with Crippen LogP contribution in [0.25, 0.3) is 0 Å². The molecule has 0 aromatic heterocycles. The number of hydroxylamine groups is 1. The van der Waals surface area contributed by atoms with Crippen LogP contribution in [0.1, 0.15) is 38.7 Å². The topological polar surface area (TPSA) is 61.4 Å². The van der Waals surface area contributed by atoms with E-state index in [9.17, 15) is 4.79 Å². The van der Waals surface area contributed by atoms with E-state index in [1.807, 2.05) is 18.2 Å². The van der Waals surface area contributed by atoms with E-state index in [4.69, 9.17) is 5.21 Å². The number of hydrogen-bond donors (Lipinski definition) is 3. The smallest absolute Gasteiger partial charge is 0.265 e. The Labute approximate surface area is 108 Å². The van der Waals surface area contributed by atoms with Gasteiger partial charge in [0.05, 0.1) is 0 Å².